The third-order valence-electron chi connectivity index (χ3n) is 4.12. The van der Waals surface area contributed by atoms with Gasteiger partial charge in [-0.25, -0.2) is 4.39 Å². The zero-order chi connectivity index (χ0) is 15.2. The number of halogens is 1. The summed E-state index contributed by atoms with van der Waals surface area (Å²) >= 11 is 0. The molecule has 2 heteroatoms. The maximum Gasteiger partial charge on any atom is 0.126 e. The molecule has 1 unspecified atom stereocenters. The van der Waals surface area contributed by atoms with Gasteiger partial charge >= 0.3 is 0 Å². The van der Waals surface area contributed by atoms with E-state index in [1.165, 1.54) is 22.8 Å². The first kappa shape index (κ1) is 15.7. The molecule has 0 radical (unpaired) electrons. The van der Waals surface area contributed by atoms with Crippen LogP contribution in [0, 0.1) is 5.82 Å². The fraction of sp³-hybridized carbons (Fsp3) is 0.368. The smallest absolute Gasteiger partial charge is 0.126 e. The highest BCUT2D eigenvalue weighted by atomic mass is 19.1. The summed E-state index contributed by atoms with van der Waals surface area (Å²) in [4.78, 5) is 0. The molecule has 0 bridgehead atoms. The Kier molecular flexibility index (Phi) is 5.51. The van der Waals surface area contributed by atoms with Crippen LogP contribution in [0.5, 0.6) is 0 Å². The highest BCUT2D eigenvalue weighted by Gasteiger charge is 2.13. The van der Waals surface area contributed by atoms with Crippen molar-refractivity contribution < 1.29 is 4.39 Å². The van der Waals surface area contributed by atoms with E-state index in [1.54, 1.807) is 6.07 Å². The predicted molar refractivity (Wildman–Crippen MR) is 87.1 cm³/mol. The van der Waals surface area contributed by atoms with Gasteiger partial charge in [-0.15, -0.1) is 0 Å². The van der Waals surface area contributed by atoms with E-state index in [2.05, 4.69) is 37.4 Å². The van der Waals surface area contributed by atoms with Gasteiger partial charge in [-0.3, -0.25) is 0 Å². The van der Waals surface area contributed by atoms with Gasteiger partial charge in [0.2, 0.25) is 0 Å². The first-order chi connectivity index (χ1) is 10.2. The van der Waals surface area contributed by atoms with Gasteiger partial charge in [0, 0.05) is 6.04 Å². The first-order valence-electron chi connectivity index (χ1n) is 7.71. The van der Waals surface area contributed by atoms with Crippen molar-refractivity contribution in [3.63, 3.8) is 0 Å². The number of aryl methyl sites for hydroxylation is 2. The van der Waals surface area contributed by atoms with Crippen molar-refractivity contribution >= 4 is 0 Å². The third kappa shape index (κ3) is 3.70. The maximum absolute atomic E-state index is 13.8. The summed E-state index contributed by atoms with van der Waals surface area (Å²) in [6.45, 7) is 4.37. The van der Waals surface area contributed by atoms with E-state index in [-0.39, 0.29) is 11.9 Å². The van der Waals surface area contributed by atoms with Crippen molar-refractivity contribution in [2.24, 2.45) is 0 Å². The van der Waals surface area contributed by atoms with Gasteiger partial charge in [0.1, 0.15) is 5.82 Å². The molecule has 112 valence electrons. The summed E-state index contributed by atoms with van der Waals surface area (Å²) in [6, 6.07) is 13.8. The molecule has 0 aliphatic rings. The molecule has 0 aliphatic heterocycles. The van der Waals surface area contributed by atoms with Crippen molar-refractivity contribution in [3.05, 3.63) is 70.5 Å². The van der Waals surface area contributed by atoms with E-state index in [1.807, 2.05) is 19.2 Å². The molecule has 0 aliphatic carbocycles. The Morgan fingerprint density at radius 3 is 2.29 bits per heavy atom. The fourth-order valence-corrected chi connectivity index (χ4v) is 2.81. The van der Waals surface area contributed by atoms with E-state index in [0.717, 1.165) is 18.4 Å². The Balaban J connectivity index is 2.27. The number of benzene rings is 2. The topological polar surface area (TPSA) is 12.0 Å². The molecule has 1 atom stereocenters. The van der Waals surface area contributed by atoms with Crippen molar-refractivity contribution in [1.82, 2.24) is 5.32 Å². The average Bonchev–Trinajstić information content (AvgIpc) is 2.53. The van der Waals surface area contributed by atoms with Crippen LogP contribution in [0.2, 0.25) is 0 Å². The first-order valence-corrected chi connectivity index (χ1v) is 7.71. The molecular formula is C19H24FN. The number of hydrogen-bond donors (Lipinski definition) is 1. The van der Waals surface area contributed by atoms with Gasteiger partial charge in [0.05, 0.1) is 0 Å². The van der Waals surface area contributed by atoms with E-state index < -0.39 is 0 Å². The van der Waals surface area contributed by atoms with Crippen LogP contribution in [0.15, 0.2) is 42.5 Å². The van der Waals surface area contributed by atoms with Gasteiger partial charge in [0.15, 0.2) is 0 Å². The second-order valence-corrected chi connectivity index (χ2v) is 5.37. The minimum absolute atomic E-state index is 0.126. The molecule has 0 saturated heterocycles. The van der Waals surface area contributed by atoms with Crippen LogP contribution in [0.4, 0.5) is 4.39 Å². The average molecular weight is 285 g/mol. The van der Waals surface area contributed by atoms with E-state index in [9.17, 15) is 4.39 Å². The molecule has 1 nitrogen and oxygen atoms in total. The molecule has 0 spiro atoms. The standard InChI is InChI=1S/C19H24FN/c1-4-14-10-11-17(12-15(14)5-2)19(21-3)13-16-8-6-7-9-18(16)20/h6-12,19,21H,4-5,13H2,1-3H3. The van der Waals surface area contributed by atoms with Gasteiger partial charge in [-0.1, -0.05) is 50.2 Å². The molecule has 2 rings (SSSR count). The summed E-state index contributed by atoms with van der Waals surface area (Å²) in [7, 11) is 1.94. The Bertz CT molecular complexity index is 592. The van der Waals surface area contributed by atoms with Crippen LogP contribution in [-0.2, 0) is 19.3 Å². The normalized spacial score (nSPS) is 12.4. The Hall–Kier alpha value is -1.67. The Labute approximate surface area is 127 Å². The quantitative estimate of drug-likeness (QED) is 0.826. The van der Waals surface area contributed by atoms with Crippen molar-refractivity contribution in [2.45, 2.75) is 39.2 Å². The molecule has 2 aromatic rings. The molecule has 0 saturated carbocycles. The number of rotatable bonds is 6. The van der Waals surface area contributed by atoms with Crippen LogP contribution in [-0.4, -0.2) is 7.05 Å². The summed E-state index contributed by atoms with van der Waals surface area (Å²) in [5.74, 6) is -0.126. The molecule has 0 amide bonds. The lowest BCUT2D eigenvalue weighted by atomic mass is 9.93. The van der Waals surface area contributed by atoms with Crippen LogP contribution in [0.25, 0.3) is 0 Å². The zero-order valence-corrected chi connectivity index (χ0v) is 13.1. The second kappa shape index (κ2) is 7.37. The molecule has 1 N–H and O–H groups in total. The van der Waals surface area contributed by atoms with Crippen molar-refractivity contribution in [3.8, 4) is 0 Å². The summed E-state index contributed by atoms with van der Waals surface area (Å²) in [6.07, 6.45) is 2.76. The largest absolute Gasteiger partial charge is 0.313 e. The number of likely N-dealkylation sites (N-methyl/N-ethyl adjacent to an activating group) is 1. The zero-order valence-electron chi connectivity index (χ0n) is 13.1. The lowest BCUT2D eigenvalue weighted by Crippen LogP contribution is -2.19. The highest BCUT2D eigenvalue weighted by molar-refractivity contribution is 5.34. The minimum Gasteiger partial charge on any atom is -0.313 e. The van der Waals surface area contributed by atoms with Crippen molar-refractivity contribution in [1.29, 1.82) is 0 Å². The fourth-order valence-electron chi connectivity index (χ4n) is 2.81. The molecule has 2 aromatic carbocycles. The van der Waals surface area contributed by atoms with Crippen molar-refractivity contribution in [2.75, 3.05) is 7.05 Å². The highest BCUT2D eigenvalue weighted by Crippen LogP contribution is 2.23. The molecule has 0 heterocycles. The monoisotopic (exact) mass is 285 g/mol. The molecule has 0 aromatic heterocycles. The third-order valence-corrected chi connectivity index (χ3v) is 4.12. The SMILES string of the molecule is CCc1ccc(C(Cc2ccccc2F)NC)cc1CC. The van der Waals surface area contributed by atoms with Gasteiger partial charge in [-0.05, 0) is 54.6 Å². The number of nitrogens with one attached hydrogen (secondary N) is 1. The van der Waals surface area contributed by atoms with Crippen LogP contribution in [0.3, 0.4) is 0 Å². The van der Waals surface area contributed by atoms with Gasteiger partial charge < -0.3 is 5.32 Å². The molecule has 21 heavy (non-hydrogen) atoms. The summed E-state index contributed by atoms with van der Waals surface area (Å²) in [5, 5.41) is 3.32. The lowest BCUT2D eigenvalue weighted by Gasteiger charge is -2.19. The summed E-state index contributed by atoms with van der Waals surface area (Å²) in [5.41, 5.74) is 4.79. The molecule has 0 fully saturated rings. The molecular weight excluding hydrogens is 261 g/mol. The van der Waals surface area contributed by atoms with E-state index >= 15 is 0 Å². The van der Waals surface area contributed by atoms with E-state index in [0.29, 0.717) is 6.42 Å². The Morgan fingerprint density at radius 1 is 0.952 bits per heavy atom. The predicted octanol–water partition coefficient (Wildman–Crippen LogP) is 4.45. The summed E-state index contributed by atoms with van der Waals surface area (Å²) < 4.78 is 13.8. The van der Waals surface area contributed by atoms with E-state index in [4.69, 9.17) is 0 Å². The van der Waals surface area contributed by atoms with Gasteiger partial charge in [0.25, 0.3) is 0 Å². The Morgan fingerprint density at radius 2 is 1.67 bits per heavy atom. The minimum atomic E-state index is -0.126. The van der Waals surface area contributed by atoms with Crippen LogP contribution >= 0.6 is 0 Å². The lowest BCUT2D eigenvalue weighted by molar-refractivity contribution is 0.554. The van der Waals surface area contributed by atoms with Gasteiger partial charge in [-0.2, -0.15) is 0 Å². The maximum atomic E-state index is 13.8. The van der Waals surface area contributed by atoms with Crippen LogP contribution in [0.1, 0.15) is 42.1 Å². The number of hydrogen-bond acceptors (Lipinski definition) is 1. The van der Waals surface area contributed by atoms with Crippen LogP contribution < -0.4 is 5.32 Å². The second-order valence-electron chi connectivity index (χ2n) is 5.37.